The second kappa shape index (κ2) is 8.28. The number of methoxy groups -OCH3 is 1. The Kier molecular flexibility index (Phi) is 6.11. The average Bonchev–Trinajstić information content (AvgIpc) is 2.61. The van der Waals surface area contributed by atoms with E-state index in [9.17, 15) is 9.59 Å². The summed E-state index contributed by atoms with van der Waals surface area (Å²) in [5.74, 6) is -0.296. The van der Waals surface area contributed by atoms with Gasteiger partial charge in [-0.2, -0.15) is 0 Å². The molecule has 0 fully saturated rings. The van der Waals surface area contributed by atoms with Crippen LogP contribution in [0.15, 0.2) is 42.6 Å². The van der Waals surface area contributed by atoms with E-state index in [1.807, 2.05) is 24.3 Å². The van der Waals surface area contributed by atoms with Gasteiger partial charge in [0.1, 0.15) is 11.4 Å². The maximum absolute atomic E-state index is 12.5. The van der Waals surface area contributed by atoms with Crippen molar-refractivity contribution >= 4 is 11.9 Å². The number of hydrogen-bond acceptors (Lipinski definition) is 4. The lowest BCUT2D eigenvalue weighted by molar-refractivity contribution is 0.0690. The highest BCUT2D eigenvalue weighted by atomic mass is 16.5. The van der Waals surface area contributed by atoms with E-state index in [1.54, 1.807) is 19.1 Å². The van der Waals surface area contributed by atoms with Gasteiger partial charge >= 0.3 is 5.97 Å². The number of carboxylic acid groups (broad SMARTS) is 1. The first-order valence-electron chi connectivity index (χ1n) is 7.98. The Morgan fingerprint density at radius 2 is 1.92 bits per heavy atom. The number of nitrogens with zero attached hydrogens (tertiary/aromatic N) is 2. The van der Waals surface area contributed by atoms with E-state index in [1.165, 1.54) is 23.9 Å². The molecule has 1 N–H and O–H groups in total. The van der Waals surface area contributed by atoms with E-state index in [2.05, 4.69) is 11.9 Å². The molecule has 2 rings (SSSR count). The third kappa shape index (κ3) is 5.04. The van der Waals surface area contributed by atoms with Crippen LogP contribution in [0, 0.1) is 5.92 Å². The van der Waals surface area contributed by atoms with Crippen molar-refractivity contribution < 1.29 is 19.4 Å². The molecular weight excluding hydrogens is 320 g/mol. The molecule has 0 aliphatic carbocycles. The highest BCUT2D eigenvalue weighted by Crippen LogP contribution is 2.16. The van der Waals surface area contributed by atoms with Gasteiger partial charge in [0.05, 0.1) is 7.11 Å². The van der Waals surface area contributed by atoms with E-state index in [0.717, 1.165) is 12.2 Å². The maximum atomic E-state index is 12.5. The third-order valence-electron chi connectivity index (χ3n) is 3.90. The first-order valence-corrected chi connectivity index (χ1v) is 7.98. The van der Waals surface area contributed by atoms with Crippen molar-refractivity contribution in [2.75, 3.05) is 20.7 Å². The Labute approximate surface area is 147 Å². The molecule has 0 saturated carbocycles. The predicted octanol–water partition coefficient (Wildman–Crippen LogP) is 2.74. The van der Waals surface area contributed by atoms with Crippen LogP contribution >= 0.6 is 0 Å². The number of hydrogen-bond donors (Lipinski definition) is 1. The molecule has 1 amide bonds. The molecular formula is C19H22N2O4. The van der Waals surface area contributed by atoms with E-state index in [0.29, 0.717) is 12.1 Å². The second-order valence-electron chi connectivity index (χ2n) is 6.08. The van der Waals surface area contributed by atoms with Gasteiger partial charge in [-0.1, -0.05) is 19.1 Å². The van der Waals surface area contributed by atoms with Crippen LogP contribution in [-0.2, 0) is 6.42 Å². The maximum Gasteiger partial charge on any atom is 0.354 e. The Hall–Kier alpha value is -2.89. The summed E-state index contributed by atoms with van der Waals surface area (Å²) in [6.07, 6.45) is 2.17. The first-order chi connectivity index (χ1) is 11.9. The lowest BCUT2D eigenvalue weighted by Gasteiger charge is -2.22. The van der Waals surface area contributed by atoms with Crippen LogP contribution in [0.4, 0.5) is 0 Å². The van der Waals surface area contributed by atoms with Crippen LogP contribution in [0.3, 0.4) is 0 Å². The molecule has 2 aromatic rings. The summed E-state index contributed by atoms with van der Waals surface area (Å²) in [5, 5.41) is 8.98. The van der Waals surface area contributed by atoms with Crippen molar-refractivity contribution in [3.63, 3.8) is 0 Å². The molecule has 0 saturated heterocycles. The van der Waals surface area contributed by atoms with Gasteiger partial charge in [-0.15, -0.1) is 0 Å². The van der Waals surface area contributed by atoms with Crippen molar-refractivity contribution in [3.8, 4) is 5.75 Å². The van der Waals surface area contributed by atoms with Gasteiger partial charge < -0.3 is 14.7 Å². The fraction of sp³-hybridized carbons (Fsp3) is 0.316. The number of rotatable bonds is 7. The van der Waals surface area contributed by atoms with Crippen LogP contribution in [0.25, 0.3) is 0 Å². The largest absolute Gasteiger partial charge is 0.497 e. The number of ether oxygens (including phenoxy) is 1. The van der Waals surface area contributed by atoms with Crippen molar-refractivity contribution in [2.24, 2.45) is 5.92 Å². The molecule has 6 nitrogen and oxygen atoms in total. The van der Waals surface area contributed by atoms with Gasteiger partial charge in [0.15, 0.2) is 0 Å². The lowest BCUT2D eigenvalue weighted by Crippen LogP contribution is -2.31. The second-order valence-corrected chi connectivity index (χ2v) is 6.08. The Morgan fingerprint density at radius 3 is 2.52 bits per heavy atom. The summed E-state index contributed by atoms with van der Waals surface area (Å²) in [7, 11) is 3.35. The smallest absolute Gasteiger partial charge is 0.354 e. The molecule has 0 bridgehead atoms. The summed E-state index contributed by atoms with van der Waals surface area (Å²) in [6, 6.07) is 10.7. The van der Waals surface area contributed by atoms with E-state index in [4.69, 9.17) is 9.84 Å². The van der Waals surface area contributed by atoms with Crippen molar-refractivity contribution in [3.05, 3.63) is 59.4 Å². The van der Waals surface area contributed by atoms with Gasteiger partial charge in [0.25, 0.3) is 5.91 Å². The molecule has 25 heavy (non-hydrogen) atoms. The number of benzene rings is 1. The number of aromatic nitrogens is 1. The molecule has 1 atom stereocenters. The molecule has 0 radical (unpaired) electrons. The first kappa shape index (κ1) is 18.4. The average molecular weight is 342 g/mol. The number of aromatic carboxylic acids is 1. The third-order valence-corrected chi connectivity index (χ3v) is 3.90. The van der Waals surface area contributed by atoms with Gasteiger partial charge in [-0.25, -0.2) is 9.78 Å². The Balaban J connectivity index is 1.97. The number of carbonyl (C=O) groups excluding carboxylic acids is 1. The molecule has 1 aromatic heterocycles. The van der Waals surface area contributed by atoms with Gasteiger partial charge in [0.2, 0.25) is 0 Å². The summed E-state index contributed by atoms with van der Waals surface area (Å²) >= 11 is 0. The highest BCUT2D eigenvalue weighted by molar-refractivity contribution is 5.96. The van der Waals surface area contributed by atoms with Crippen LogP contribution in [0.1, 0.15) is 33.3 Å². The SMILES string of the molecule is COc1ccc(CC(C)CN(C)C(=O)c2ccnc(C(=O)O)c2)cc1. The molecule has 6 heteroatoms. The minimum absolute atomic E-state index is 0.134. The number of pyridine rings is 1. The van der Waals surface area contributed by atoms with Gasteiger partial charge in [-0.3, -0.25) is 4.79 Å². The number of carbonyl (C=O) groups is 2. The molecule has 0 aliphatic rings. The number of carboxylic acids is 1. The summed E-state index contributed by atoms with van der Waals surface area (Å²) in [5.41, 5.74) is 1.36. The lowest BCUT2D eigenvalue weighted by atomic mass is 10.0. The molecule has 0 aliphatic heterocycles. The van der Waals surface area contributed by atoms with Gasteiger partial charge in [0, 0.05) is 25.4 Å². The summed E-state index contributed by atoms with van der Waals surface area (Å²) in [6.45, 7) is 2.64. The molecule has 1 aromatic carbocycles. The van der Waals surface area contributed by atoms with Crippen LogP contribution < -0.4 is 4.74 Å². The topological polar surface area (TPSA) is 79.7 Å². The van der Waals surface area contributed by atoms with Crippen LogP contribution in [-0.4, -0.2) is 47.6 Å². The Morgan fingerprint density at radius 1 is 1.24 bits per heavy atom. The highest BCUT2D eigenvalue weighted by Gasteiger charge is 2.17. The Bertz CT molecular complexity index is 743. The van der Waals surface area contributed by atoms with Crippen LogP contribution in [0.5, 0.6) is 5.75 Å². The van der Waals surface area contributed by atoms with Crippen LogP contribution in [0.2, 0.25) is 0 Å². The quantitative estimate of drug-likeness (QED) is 0.837. The van der Waals surface area contributed by atoms with Gasteiger partial charge in [-0.05, 0) is 42.2 Å². The van der Waals surface area contributed by atoms with E-state index < -0.39 is 5.97 Å². The molecule has 1 heterocycles. The summed E-state index contributed by atoms with van der Waals surface area (Å²) in [4.78, 5) is 28.8. The molecule has 1 unspecified atom stereocenters. The zero-order chi connectivity index (χ0) is 18.4. The normalized spacial score (nSPS) is 11.6. The zero-order valence-electron chi connectivity index (χ0n) is 14.6. The van der Waals surface area contributed by atoms with Crippen molar-refractivity contribution in [1.82, 2.24) is 9.88 Å². The monoisotopic (exact) mass is 342 g/mol. The standard InChI is InChI=1S/C19H22N2O4/c1-13(10-14-4-6-16(25-3)7-5-14)12-21(2)18(22)15-8-9-20-17(11-15)19(23)24/h4-9,11,13H,10,12H2,1-3H3,(H,23,24). The minimum atomic E-state index is -1.15. The predicted molar refractivity (Wildman–Crippen MR) is 94.0 cm³/mol. The zero-order valence-corrected chi connectivity index (χ0v) is 14.6. The fourth-order valence-corrected chi connectivity index (χ4v) is 2.68. The molecule has 0 spiro atoms. The van der Waals surface area contributed by atoms with E-state index >= 15 is 0 Å². The minimum Gasteiger partial charge on any atom is -0.497 e. The molecule has 132 valence electrons. The van der Waals surface area contributed by atoms with Crippen molar-refractivity contribution in [2.45, 2.75) is 13.3 Å². The van der Waals surface area contributed by atoms with E-state index in [-0.39, 0.29) is 17.5 Å². The number of amides is 1. The van der Waals surface area contributed by atoms with Crippen molar-refractivity contribution in [1.29, 1.82) is 0 Å². The summed E-state index contributed by atoms with van der Waals surface area (Å²) < 4.78 is 5.15. The fourth-order valence-electron chi connectivity index (χ4n) is 2.68.